The van der Waals surface area contributed by atoms with Gasteiger partial charge in [0.1, 0.15) is 0 Å². The van der Waals surface area contributed by atoms with E-state index in [9.17, 15) is 0 Å². The lowest BCUT2D eigenvalue weighted by molar-refractivity contribution is 0.355. The average Bonchev–Trinajstić information content (AvgIpc) is 2.99. The maximum absolute atomic E-state index is 2.47. The second kappa shape index (κ2) is 6.12. The van der Waals surface area contributed by atoms with Crippen LogP contribution in [0.3, 0.4) is 0 Å². The monoisotopic (exact) mass is 288 g/mol. The zero-order valence-corrected chi connectivity index (χ0v) is 13.2. The molecular formula is C22H24. The third-order valence-corrected chi connectivity index (χ3v) is 5.34. The van der Waals surface area contributed by atoms with Crippen LogP contribution in [-0.2, 0) is 6.42 Å². The number of benzene rings is 2. The van der Waals surface area contributed by atoms with Crippen LogP contribution in [0.4, 0.5) is 0 Å². The van der Waals surface area contributed by atoms with E-state index in [0.29, 0.717) is 0 Å². The van der Waals surface area contributed by atoms with Gasteiger partial charge in [0.15, 0.2) is 0 Å². The Morgan fingerprint density at radius 1 is 0.818 bits per heavy atom. The number of allylic oxidation sites excluding steroid dienone is 1. The number of rotatable bonds is 3. The minimum atomic E-state index is 0.939. The Bertz CT molecular complexity index is 672. The fraction of sp³-hybridized carbons (Fsp3) is 0.364. The van der Waals surface area contributed by atoms with Crippen LogP contribution in [0.2, 0.25) is 0 Å². The zero-order chi connectivity index (χ0) is 14.8. The Morgan fingerprint density at radius 2 is 1.64 bits per heavy atom. The van der Waals surface area contributed by atoms with Gasteiger partial charge in [0.05, 0.1) is 0 Å². The first-order chi connectivity index (χ1) is 10.9. The summed E-state index contributed by atoms with van der Waals surface area (Å²) in [4.78, 5) is 0. The van der Waals surface area contributed by atoms with Crippen molar-refractivity contribution in [1.29, 1.82) is 0 Å². The molecular weight excluding hydrogens is 264 g/mol. The summed E-state index contributed by atoms with van der Waals surface area (Å²) in [6, 6.07) is 17.6. The lowest BCUT2D eigenvalue weighted by Crippen LogP contribution is -2.07. The van der Waals surface area contributed by atoms with Gasteiger partial charge in [-0.3, -0.25) is 0 Å². The number of hydrogen-bond acceptors (Lipinski definition) is 0. The highest BCUT2D eigenvalue weighted by Gasteiger charge is 2.21. The largest absolute Gasteiger partial charge is 0.0649 e. The standard InChI is InChI=1S/C22H24/c1-3-8-17(9-4-1)14-18-15-20-12-7-13-21(22(20)16-18)19-10-5-2-6-11-19/h2,5-7,10-13,15,17H,1,3-4,8-9,14,16H2. The smallest absolute Gasteiger partial charge is 0.00516 e. The number of fused-ring (bicyclic) bond motifs is 1. The third-order valence-electron chi connectivity index (χ3n) is 5.34. The van der Waals surface area contributed by atoms with Gasteiger partial charge in [0.2, 0.25) is 0 Å². The predicted octanol–water partition coefficient (Wildman–Crippen LogP) is 6.26. The topological polar surface area (TPSA) is 0 Å². The molecule has 0 amide bonds. The van der Waals surface area contributed by atoms with E-state index in [1.165, 1.54) is 55.2 Å². The van der Waals surface area contributed by atoms with Gasteiger partial charge in [0, 0.05) is 0 Å². The molecule has 0 spiro atoms. The minimum Gasteiger partial charge on any atom is -0.0649 e. The van der Waals surface area contributed by atoms with Gasteiger partial charge in [-0.2, -0.15) is 0 Å². The molecule has 0 aromatic heterocycles. The molecule has 0 atom stereocenters. The fourth-order valence-electron chi connectivity index (χ4n) is 4.22. The van der Waals surface area contributed by atoms with Crippen LogP contribution in [0.1, 0.15) is 49.7 Å². The number of hydrogen-bond donors (Lipinski definition) is 0. The highest BCUT2D eigenvalue weighted by atomic mass is 14.3. The molecule has 2 aromatic carbocycles. The van der Waals surface area contributed by atoms with Crippen LogP contribution in [0, 0.1) is 5.92 Å². The van der Waals surface area contributed by atoms with Crippen molar-refractivity contribution in [3.63, 3.8) is 0 Å². The van der Waals surface area contributed by atoms with Crippen LogP contribution in [0.25, 0.3) is 17.2 Å². The van der Waals surface area contributed by atoms with Gasteiger partial charge in [-0.15, -0.1) is 0 Å². The Kier molecular flexibility index (Phi) is 3.84. The average molecular weight is 288 g/mol. The van der Waals surface area contributed by atoms with Gasteiger partial charge in [-0.25, -0.2) is 0 Å². The summed E-state index contributed by atoms with van der Waals surface area (Å²) in [5, 5.41) is 0. The van der Waals surface area contributed by atoms with Crippen LogP contribution in [0.5, 0.6) is 0 Å². The van der Waals surface area contributed by atoms with E-state index in [-0.39, 0.29) is 0 Å². The van der Waals surface area contributed by atoms with Crippen LogP contribution in [0.15, 0.2) is 54.1 Å². The lowest BCUT2D eigenvalue weighted by Gasteiger charge is -2.22. The van der Waals surface area contributed by atoms with Crippen molar-refractivity contribution in [2.24, 2.45) is 5.92 Å². The SMILES string of the molecule is C1=C(CC2CCCCC2)Cc2c1cccc2-c1ccccc1. The van der Waals surface area contributed by atoms with Crippen molar-refractivity contribution >= 4 is 6.08 Å². The van der Waals surface area contributed by atoms with Crippen LogP contribution in [-0.4, -0.2) is 0 Å². The summed E-state index contributed by atoms with van der Waals surface area (Å²) in [6.45, 7) is 0. The van der Waals surface area contributed by atoms with E-state index < -0.39 is 0 Å². The highest BCUT2D eigenvalue weighted by molar-refractivity contribution is 5.77. The van der Waals surface area contributed by atoms with Crippen LogP contribution < -0.4 is 0 Å². The van der Waals surface area contributed by atoms with Gasteiger partial charge in [0.25, 0.3) is 0 Å². The summed E-state index contributed by atoms with van der Waals surface area (Å²) in [5.74, 6) is 0.939. The summed E-state index contributed by atoms with van der Waals surface area (Å²) < 4.78 is 0. The Morgan fingerprint density at radius 3 is 2.45 bits per heavy atom. The highest BCUT2D eigenvalue weighted by Crippen LogP contribution is 2.38. The van der Waals surface area contributed by atoms with E-state index in [0.717, 1.165) is 12.3 Å². The molecule has 0 saturated heterocycles. The first-order valence-corrected chi connectivity index (χ1v) is 8.77. The Balaban J connectivity index is 1.56. The molecule has 2 aliphatic rings. The van der Waals surface area contributed by atoms with Crippen molar-refractivity contribution in [2.75, 3.05) is 0 Å². The fourth-order valence-corrected chi connectivity index (χ4v) is 4.22. The molecule has 22 heavy (non-hydrogen) atoms. The lowest BCUT2D eigenvalue weighted by atomic mass is 9.84. The second-order valence-electron chi connectivity index (χ2n) is 6.93. The van der Waals surface area contributed by atoms with E-state index in [2.05, 4.69) is 54.6 Å². The van der Waals surface area contributed by atoms with Gasteiger partial charge >= 0.3 is 0 Å². The van der Waals surface area contributed by atoms with Crippen molar-refractivity contribution in [1.82, 2.24) is 0 Å². The summed E-state index contributed by atoms with van der Waals surface area (Å²) in [5.41, 5.74) is 7.43. The summed E-state index contributed by atoms with van der Waals surface area (Å²) in [6.07, 6.45) is 12.2. The van der Waals surface area contributed by atoms with E-state index in [1.807, 2.05) is 0 Å². The van der Waals surface area contributed by atoms with E-state index in [4.69, 9.17) is 0 Å². The molecule has 1 saturated carbocycles. The molecule has 0 nitrogen and oxygen atoms in total. The molecule has 0 bridgehead atoms. The molecule has 2 aromatic rings. The molecule has 0 N–H and O–H groups in total. The minimum absolute atomic E-state index is 0.939. The van der Waals surface area contributed by atoms with Crippen molar-refractivity contribution in [3.05, 3.63) is 65.2 Å². The molecule has 112 valence electrons. The van der Waals surface area contributed by atoms with Crippen molar-refractivity contribution in [2.45, 2.75) is 44.9 Å². The van der Waals surface area contributed by atoms with Crippen molar-refractivity contribution < 1.29 is 0 Å². The maximum Gasteiger partial charge on any atom is -0.00516 e. The molecule has 0 radical (unpaired) electrons. The van der Waals surface area contributed by atoms with Gasteiger partial charge in [-0.05, 0) is 41.0 Å². The molecule has 0 heteroatoms. The zero-order valence-electron chi connectivity index (χ0n) is 13.2. The normalized spacial score (nSPS) is 18.1. The molecule has 0 aliphatic heterocycles. The van der Waals surface area contributed by atoms with E-state index in [1.54, 1.807) is 11.1 Å². The second-order valence-corrected chi connectivity index (χ2v) is 6.93. The third kappa shape index (κ3) is 2.75. The summed E-state index contributed by atoms with van der Waals surface area (Å²) >= 11 is 0. The first kappa shape index (κ1) is 13.8. The molecule has 2 aliphatic carbocycles. The van der Waals surface area contributed by atoms with E-state index >= 15 is 0 Å². The molecule has 0 unspecified atom stereocenters. The Hall–Kier alpha value is -1.82. The molecule has 1 fully saturated rings. The van der Waals surface area contributed by atoms with Gasteiger partial charge in [-0.1, -0.05) is 92.3 Å². The molecule has 4 rings (SSSR count). The predicted molar refractivity (Wildman–Crippen MR) is 94.8 cm³/mol. The Labute approximate surface area is 133 Å². The van der Waals surface area contributed by atoms with Crippen molar-refractivity contribution in [3.8, 4) is 11.1 Å². The maximum atomic E-state index is 2.47. The summed E-state index contributed by atoms with van der Waals surface area (Å²) in [7, 11) is 0. The quantitative estimate of drug-likeness (QED) is 0.625. The van der Waals surface area contributed by atoms with Crippen LogP contribution >= 0.6 is 0 Å². The molecule has 0 heterocycles. The first-order valence-electron chi connectivity index (χ1n) is 8.77. The van der Waals surface area contributed by atoms with Gasteiger partial charge < -0.3 is 0 Å².